The summed E-state index contributed by atoms with van der Waals surface area (Å²) in [6.45, 7) is 1.19. The molecule has 0 saturated heterocycles. The lowest BCUT2D eigenvalue weighted by Crippen LogP contribution is -2.32. The molecule has 0 bridgehead atoms. The number of nitrogens with zero attached hydrogens (tertiary/aromatic N) is 2. The topological polar surface area (TPSA) is 75.5 Å². The summed E-state index contributed by atoms with van der Waals surface area (Å²) >= 11 is 5.88. The lowest BCUT2D eigenvalue weighted by Gasteiger charge is -2.17. The number of hydrogen-bond donors (Lipinski definition) is 1. The summed E-state index contributed by atoms with van der Waals surface area (Å²) in [5.74, 6) is -0.259. The number of amides is 1. The van der Waals surface area contributed by atoms with Crippen LogP contribution in [-0.2, 0) is 0 Å². The number of hydrogen-bond acceptors (Lipinski definition) is 4. The van der Waals surface area contributed by atoms with Gasteiger partial charge in [0.15, 0.2) is 0 Å². The Morgan fingerprint density at radius 3 is 2.72 bits per heavy atom. The van der Waals surface area contributed by atoms with Crippen molar-refractivity contribution in [1.29, 1.82) is 0 Å². The summed E-state index contributed by atoms with van der Waals surface area (Å²) in [6.07, 6.45) is 0. The van der Waals surface area contributed by atoms with Crippen molar-refractivity contribution < 1.29 is 9.72 Å². The van der Waals surface area contributed by atoms with E-state index in [0.717, 1.165) is 0 Å². The molecule has 1 aromatic carbocycles. The molecule has 0 heterocycles. The van der Waals surface area contributed by atoms with Gasteiger partial charge in [0.1, 0.15) is 0 Å². The first-order valence-electron chi connectivity index (χ1n) is 5.31. The van der Waals surface area contributed by atoms with E-state index in [1.807, 2.05) is 0 Å². The molecular weight excluding hydrogens is 258 g/mol. The maximum Gasteiger partial charge on any atom is 0.270 e. The van der Waals surface area contributed by atoms with Gasteiger partial charge in [-0.2, -0.15) is 0 Å². The fourth-order valence-electron chi connectivity index (χ4n) is 1.38. The predicted octanol–water partition coefficient (Wildman–Crippen LogP) is 1.54. The van der Waals surface area contributed by atoms with Crippen molar-refractivity contribution in [3.63, 3.8) is 0 Å². The summed E-state index contributed by atoms with van der Waals surface area (Å²) < 4.78 is 0. The van der Waals surface area contributed by atoms with E-state index in [-0.39, 0.29) is 22.2 Å². The Hall–Kier alpha value is -1.66. The number of halogens is 1. The van der Waals surface area contributed by atoms with E-state index in [0.29, 0.717) is 13.1 Å². The van der Waals surface area contributed by atoms with Crippen LogP contribution >= 0.6 is 11.6 Å². The molecule has 6 nitrogen and oxygen atoms in total. The van der Waals surface area contributed by atoms with E-state index in [1.54, 1.807) is 14.1 Å². The molecule has 1 amide bonds. The molecule has 0 atom stereocenters. The smallest absolute Gasteiger partial charge is 0.270 e. The molecule has 0 saturated carbocycles. The zero-order valence-electron chi connectivity index (χ0n) is 10.1. The first-order chi connectivity index (χ1) is 8.47. The summed E-state index contributed by atoms with van der Waals surface area (Å²) in [5.41, 5.74) is 0.135. The van der Waals surface area contributed by atoms with E-state index in [9.17, 15) is 14.9 Å². The van der Waals surface area contributed by atoms with Crippen LogP contribution in [0.1, 0.15) is 10.4 Å². The zero-order valence-corrected chi connectivity index (χ0v) is 10.9. The lowest BCUT2D eigenvalue weighted by molar-refractivity contribution is -0.384. The monoisotopic (exact) mass is 271 g/mol. The molecule has 0 fully saturated rings. The standard InChI is InChI=1S/C11H14ClN3O3/c1-13-5-6-14(2)11(16)9-4-3-8(15(17)18)7-10(9)12/h3-4,7,13H,5-6H2,1-2H3. The van der Waals surface area contributed by atoms with Crippen LogP contribution in [0, 0.1) is 10.1 Å². The molecule has 0 aliphatic rings. The largest absolute Gasteiger partial charge is 0.340 e. The van der Waals surface area contributed by atoms with Gasteiger partial charge in [0, 0.05) is 32.3 Å². The minimum absolute atomic E-state index is 0.0884. The number of rotatable bonds is 5. The van der Waals surface area contributed by atoms with Crippen LogP contribution in [0.5, 0.6) is 0 Å². The second kappa shape index (κ2) is 6.32. The van der Waals surface area contributed by atoms with Gasteiger partial charge in [-0.05, 0) is 13.1 Å². The Kier molecular flexibility index (Phi) is 5.06. The molecule has 98 valence electrons. The number of carbonyl (C=O) groups is 1. The van der Waals surface area contributed by atoms with Crippen LogP contribution < -0.4 is 5.32 Å². The SMILES string of the molecule is CNCCN(C)C(=O)c1ccc([N+](=O)[O-])cc1Cl. The van der Waals surface area contributed by atoms with Gasteiger partial charge in [0.25, 0.3) is 11.6 Å². The van der Waals surface area contributed by atoms with Crippen molar-refractivity contribution >= 4 is 23.2 Å². The third-order valence-corrected chi connectivity index (χ3v) is 2.75. The molecule has 0 spiro atoms. The number of likely N-dealkylation sites (N-methyl/N-ethyl adjacent to an activating group) is 2. The molecule has 18 heavy (non-hydrogen) atoms. The van der Waals surface area contributed by atoms with E-state index < -0.39 is 4.92 Å². The average molecular weight is 272 g/mol. The minimum Gasteiger partial charge on any atom is -0.340 e. The van der Waals surface area contributed by atoms with Crippen molar-refractivity contribution in [2.75, 3.05) is 27.2 Å². The number of nitrogens with one attached hydrogen (secondary N) is 1. The molecule has 1 rings (SSSR count). The van der Waals surface area contributed by atoms with Crippen LogP contribution in [-0.4, -0.2) is 42.9 Å². The Labute approximate surface area is 110 Å². The quantitative estimate of drug-likeness (QED) is 0.651. The predicted molar refractivity (Wildman–Crippen MR) is 69.0 cm³/mol. The Morgan fingerprint density at radius 1 is 1.56 bits per heavy atom. The minimum atomic E-state index is -0.551. The molecule has 0 radical (unpaired) electrons. The highest BCUT2D eigenvalue weighted by molar-refractivity contribution is 6.34. The van der Waals surface area contributed by atoms with Crippen molar-refractivity contribution in [3.8, 4) is 0 Å². The normalized spacial score (nSPS) is 10.2. The van der Waals surface area contributed by atoms with Gasteiger partial charge >= 0.3 is 0 Å². The van der Waals surface area contributed by atoms with Crippen LogP contribution in [0.2, 0.25) is 5.02 Å². The number of nitro groups is 1. The van der Waals surface area contributed by atoms with Crippen molar-refractivity contribution in [1.82, 2.24) is 10.2 Å². The van der Waals surface area contributed by atoms with Crippen LogP contribution in [0.15, 0.2) is 18.2 Å². The van der Waals surface area contributed by atoms with Crippen LogP contribution in [0.3, 0.4) is 0 Å². The molecular formula is C11H14ClN3O3. The Balaban J connectivity index is 2.89. The van der Waals surface area contributed by atoms with Crippen LogP contribution in [0.25, 0.3) is 0 Å². The summed E-state index contributed by atoms with van der Waals surface area (Å²) in [7, 11) is 3.44. The van der Waals surface area contributed by atoms with Crippen molar-refractivity contribution in [2.24, 2.45) is 0 Å². The molecule has 7 heteroatoms. The van der Waals surface area contributed by atoms with Crippen molar-refractivity contribution in [2.45, 2.75) is 0 Å². The lowest BCUT2D eigenvalue weighted by atomic mass is 10.2. The molecule has 1 N–H and O–H groups in total. The van der Waals surface area contributed by atoms with Gasteiger partial charge in [0.05, 0.1) is 15.5 Å². The van der Waals surface area contributed by atoms with Crippen LogP contribution in [0.4, 0.5) is 5.69 Å². The second-order valence-electron chi connectivity index (χ2n) is 3.75. The molecule has 0 aromatic heterocycles. The highest BCUT2D eigenvalue weighted by Gasteiger charge is 2.17. The van der Waals surface area contributed by atoms with E-state index >= 15 is 0 Å². The van der Waals surface area contributed by atoms with Gasteiger partial charge < -0.3 is 10.2 Å². The van der Waals surface area contributed by atoms with Gasteiger partial charge in [-0.1, -0.05) is 11.6 Å². The summed E-state index contributed by atoms with van der Waals surface area (Å²) in [6, 6.07) is 3.82. The first-order valence-corrected chi connectivity index (χ1v) is 5.69. The number of non-ortho nitro benzene ring substituents is 1. The second-order valence-corrected chi connectivity index (χ2v) is 4.16. The Bertz CT molecular complexity index is 465. The van der Waals surface area contributed by atoms with Gasteiger partial charge in [-0.25, -0.2) is 0 Å². The third-order valence-electron chi connectivity index (χ3n) is 2.44. The molecule has 0 unspecified atom stereocenters. The zero-order chi connectivity index (χ0) is 13.7. The summed E-state index contributed by atoms with van der Waals surface area (Å²) in [5, 5.41) is 13.6. The van der Waals surface area contributed by atoms with E-state index in [2.05, 4.69) is 5.32 Å². The highest BCUT2D eigenvalue weighted by Crippen LogP contribution is 2.23. The number of benzene rings is 1. The fraction of sp³-hybridized carbons (Fsp3) is 0.364. The Morgan fingerprint density at radius 2 is 2.22 bits per heavy atom. The highest BCUT2D eigenvalue weighted by atomic mass is 35.5. The van der Waals surface area contributed by atoms with Crippen molar-refractivity contribution in [3.05, 3.63) is 38.9 Å². The average Bonchev–Trinajstić information content (AvgIpc) is 2.34. The van der Waals surface area contributed by atoms with Gasteiger partial charge in [-0.15, -0.1) is 0 Å². The summed E-state index contributed by atoms with van der Waals surface area (Å²) in [4.78, 5) is 23.5. The maximum atomic E-state index is 12.0. The molecule has 0 aliphatic heterocycles. The van der Waals surface area contributed by atoms with Gasteiger partial charge in [0.2, 0.25) is 0 Å². The molecule has 0 aliphatic carbocycles. The van der Waals surface area contributed by atoms with Gasteiger partial charge in [-0.3, -0.25) is 14.9 Å². The third kappa shape index (κ3) is 3.41. The number of carbonyl (C=O) groups excluding carboxylic acids is 1. The molecule has 1 aromatic rings. The number of nitro benzene ring substituents is 1. The first kappa shape index (κ1) is 14.4. The fourth-order valence-corrected chi connectivity index (χ4v) is 1.63. The van der Waals surface area contributed by atoms with E-state index in [4.69, 9.17) is 11.6 Å². The van der Waals surface area contributed by atoms with E-state index in [1.165, 1.54) is 23.1 Å². The maximum absolute atomic E-state index is 12.0.